The largest absolute Gasteiger partial charge is 0.466 e. The molecule has 0 saturated heterocycles. The van der Waals surface area contributed by atoms with Crippen LogP contribution in [0.4, 0.5) is 11.4 Å². The Labute approximate surface area is 149 Å². The second-order valence-electron chi connectivity index (χ2n) is 4.97. The highest BCUT2D eigenvalue weighted by atomic mass is 16.5. The minimum atomic E-state index is -0.728. The molecule has 0 aliphatic rings. The molecule has 1 aromatic heterocycles. The highest BCUT2D eigenvalue weighted by Crippen LogP contribution is 2.14. The fourth-order valence-electron chi connectivity index (χ4n) is 1.93. The predicted molar refractivity (Wildman–Crippen MR) is 94.4 cm³/mol. The van der Waals surface area contributed by atoms with Crippen LogP contribution in [0.2, 0.25) is 0 Å². The van der Waals surface area contributed by atoms with Gasteiger partial charge in [-0.05, 0) is 36.4 Å². The summed E-state index contributed by atoms with van der Waals surface area (Å²) in [4.78, 5) is 39.2. The third-order valence-corrected chi connectivity index (χ3v) is 3.21. The van der Waals surface area contributed by atoms with Crippen LogP contribution in [0, 0.1) is 0 Å². The third-order valence-electron chi connectivity index (χ3n) is 3.21. The van der Waals surface area contributed by atoms with Crippen molar-refractivity contribution < 1.29 is 23.9 Å². The molecule has 8 heteroatoms. The van der Waals surface area contributed by atoms with E-state index in [0.29, 0.717) is 16.9 Å². The van der Waals surface area contributed by atoms with Gasteiger partial charge in [-0.15, -0.1) is 0 Å². The van der Waals surface area contributed by atoms with E-state index in [1.54, 1.807) is 42.6 Å². The molecule has 2 N–H and O–H groups in total. The van der Waals surface area contributed by atoms with Crippen LogP contribution < -0.4 is 10.6 Å². The van der Waals surface area contributed by atoms with Gasteiger partial charge in [0.05, 0.1) is 32.2 Å². The Balaban J connectivity index is 2.10. The van der Waals surface area contributed by atoms with Gasteiger partial charge in [0.2, 0.25) is 0 Å². The van der Waals surface area contributed by atoms with Crippen LogP contribution in [0.3, 0.4) is 0 Å². The standard InChI is InChI=1S/C18H17N3O5/c1-25-16(22)10-15(18(24)26-2)20-13-7-5-12(6-8-13)17(23)21-14-4-3-9-19-11-14/h3-11,20H,1-2H3,(H,21,23)/b15-10+. The molecule has 0 aliphatic heterocycles. The Bertz CT molecular complexity index is 816. The number of aromatic nitrogens is 1. The zero-order chi connectivity index (χ0) is 18.9. The van der Waals surface area contributed by atoms with Crippen LogP contribution >= 0.6 is 0 Å². The van der Waals surface area contributed by atoms with Gasteiger partial charge in [0, 0.05) is 17.4 Å². The lowest BCUT2D eigenvalue weighted by Gasteiger charge is -2.10. The molecule has 0 spiro atoms. The lowest BCUT2D eigenvalue weighted by Crippen LogP contribution is -2.16. The summed E-state index contributed by atoms with van der Waals surface area (Å²) in [5.74, 6) is -1.73. The molecule has 26 heavy (non-hydrogen) atoms. The van der Waals surface area contributed by atoms with Crippen LogP contribution in [0.15, 0.2) is 60.6 Å². The fourth-order valence-corrected chi connectivity index (χ4v) is 1.93. The average Bonchev–Trinajstić information content (AvgIpc) is 2.68. The predicted octanol–water partition coefficient (Wildman–Crippen LogP) is 1.98. The summed E-state index contributed by atoms with van der Waals surface area (Å²) in [6.45, 7) is 0. The number of anilines is 2. The van der Waals surface area contributed by atoms with E-state index in [9.17, 15) is 14.4 Å². The molecule has 1 heterocycles. The Morgan fingerprint density at radius 2 is 1.69 bits per heavy atom. The number of benzene rings is 1. The molecule has 2 rings (SSSR count). The van der Waals surface area contributed by atoms with Crippen molar-refractivity contribution in [1.29, 1.82) is 0 Å². The smallest absolute Gasteiger partial charge is 0.354 e. The van der Waals surface area contributed by atoms with Gasteiger partial charge in [-0.3, -0.25) is 9.78 Å². The Kier molecular flexibility index (Phi) is 6.44. The summed E-state index contributed by atoms with van der Waals surface area (Å²) in [5.41, 5.74) is 1.39. The van der Waals surface area contributed by atoms with Crippen LogP contribution in [-0.2, 0) is 19.1 Å². The lowest BCUT2D eigenvalue weighted by atomic mass is 10.2. The molecule has 2 aromatic rings. The number of carbonyl (C=O) groups excluding carboxylic acids is 3. The van der Waals surface area contributed by atoms with E-state index >= 15 is 0 Å². The molecule has 0 aliphatic carbocycles. The molecule has 0 fully saturated rings. The van der Waals surface area contributed by atoms with E-state index in [0.717, 1.165) is 6.08 Å². The number of hydrogen-bond donors (Lipinski definition) is 2. The van der Waals surface area contributed by atoms with E-state index < -0.39 is 11.9 Å². The van der Waals surface area contributed by atoms with Gasteiger partial charge in [0.25, 0.3) is 5.91 Å². The number of nitrogens with zero attached hydrogens (tertiary/aromatic N) is 1. The first-order valence-electron chi connectivity index (χ1n) is 7.50. The molecular weight excluding hydrogens is 338 g/mol. The van der Waals surface area contributed by atoms with E-state index in [1.807, 2.05) is 0 Å². The zero-order valence-corrected chi connectivity index (χ0v) is 14.2. The number of rotatable bonds is 6. The molecule has 1 amide bonds. The molecule has 0 atom stereocenters. The van der Waals surface area contributed by atoms with Crippen LogP contribution in [0.25, 0.3) is 0 Å². The van der Waals surface area contributed by atoms with Gasteiger partial charge in [-0.1, -0.05) is 0 Å². The Hall–Kier alpha value is -3.68. The van der Waals surface area contributed by atoms with Crippen LogP contribution in [0.1, 0.15) is 10.4 Å². The minimum Gasteiger partial charge on any atom is -0.466 e. The van der Waals surface area contributed by atoms with E-state index in [-0.39, 0.29) is 11.6 Å². The number of amides is 1. The lowest BCUT2D eigenvalue weighted by molar-refractivity contribution is -0.138. The summed E-state index contributed by atoms with van der Waals surface area (Å²) < 4.78 is 9.11. The topological polar surface area (TPSA) is 107 Å². The summed E-state index contributed by atoms with van der Waals surface area (Å²) in [6.07, 6.45) is 4.12. The van der Waals surface area contributed by atoms with Crippen molar-refractivity contribution in [3.63, 3.8) is 0 Å². The van der Waals surface area contributed by atoms with Crippen molar-refractivity contribution in [3.05, 3.63) is 66.1 Å². The fraction of sp³-hybridized carbons (Fsp3) is 0.111. The molecule has 134 valence electrons. The van der Waals surface area contributed by atoms with Crippen molar-refractivity contribution in [2.24, 2.45) is 0 Å². The number of esters is 2. The minimum absolute atomic E-state index is 0.0908. The van der Waals surface area contributed by atoms with Gasteiger partial charge >= 0.3 is 11.9 Å². The summed E-state index contributed by atoms with van der Waals surface area (Å²) >= 11 is 0. The average molecular weight is 355 g/mol. The van der Waals surface area contributed by atoms with Crippen molar-refractivity contribution in [1.82, 2.24) is 4.98 Å². The quantitative estimate of drug-likeness (QED) is 0.603. The second-order valence-corrected chi connectivity index (χ2v) is 4.97. The molecule has 0 bridgehead atoms. The number of nitrogens with one attached hydrogen (secondary N) is 2. The Morgan fingerprint density at radius 3 is 2.27 bits per heavy atom. The summed E-state index contributed by atoms with van der Waals surface area (Å²) in [6, 6.07) is 9.76. The number of hydrogen-bond acceptors (Lipinski definition) is 7. The first-order valence-corrected chi connectivity index (χ1v) is 7.50. The van der Waals surface area contributed by atoms with E-state index in [4.69, 9.17) is 0 Å². The molecule has 0 radical (unpaired) electrons. The van der Waals surface area contributed by atoms with Crippen molar-refractivity contribution in [2.75, 3.05) is 24.9 Å². The van der Waals surface area contributed by atoms with Crippen LogP contribution in [0.5, 0.6) is 0 Å². The zero-order valence-electron chi connectivity index (χ0n) is 14.2. The van der Waals surface area contributed by atoms with E-state index in [2.05, 4.69) is 25.1 Å². The van der Waals surface area contributed by atoms with E-state index in [1.165, 1.54) is 20.4 Å². The normalized spacial score (nSPS) is 10.6. The first kappa shape index (κ1) is 18.7. The highest BCUT2D eigenvalue weighted by Gasteiger charge is 2.13. The van der Waals surface area contributed by atoms with Gasteiger partial charge in [0.15, 0.2) is 0 Å². The third kappa shape index (κ3) is 5.17. The maximum atomic E-state index is 12.2. The van der Waals surface area contributed by atoms with Crippen molar-refractivity contribution >= 4 is 29.2 Å². The molecule has 8 nitrogen and oxygen atoms in total. The van der Waals surface area contributed by atoms with Crippen molar-refractivity contribution in [2.45, 2.75) is 0 Å². The SMILES string of the molecule is COC(=O)/C=C(/Nc1ccc(C(=O)Nc2cccnc2)cc1)C(=O)OC. The number of methoxy groups -OCH3 is 2. The molecule has 0 unspecified atom stereocenters. The van der Waals surface area contributed by atoms with Crippen molar-refractivity contribution in [3.8, 4) is 0 Å². The highest BCUT2D eigenvalue weighted by molar-refractivity contribution is 6.04. The molecular formula is C18H17N3O5. The monoisotopic (exact) mass is 355 g/mol. The maximum absolute atomic E-state index is 12.2. The van der Waals surface area contributed by atoms with Gasteiger partial charge in [-0.2, -0.15) is 0 Å². The maximum Gasteiger partial charge on any atom is 0.354 e. The van der Waals surface area contributed by atoms with Gasteiger partial charge in [0.1, 0.15) is 5.70 Å². The number of ether oxygens (including phenoxy) is 2. The van der Waals surface area contributed by atoms with Gasteiger partial charge < -0.3 is 20.1 Å². The second kappa shape index (κ2) is 8.97. The Morgan fingerprint density at radius 1 is 0.962 bits per heavy atom. The number of carbonyl (C=O) groups is 3. The molecule has 1 aromatic carbocycles. The summed E-state index contributed by atoms with van der Waals surface area (Å²) in [5, 5.41) is 5.47. The summed E-state index contributed by atoms with van der Waals surface area (Å²) in [7, 11) is 2.39. The first-order chi connectivity index (χ1) is 12.5. The van der Waals surface area contributed by atoms with Crippen LogP contribution in [-0.4, -0.2) is 37.0 Å². The van der Waals surface area contributed by atoms with Gasteiger partial charge in [-0.25, -0.2) is 9.59 Å². The molecule has 0 saturated carbocycles. The number of pyridine rings is 1.